The number of hydrogen-bond donors (Lipinski definition) is 2. The number of amides is 2. The van der Waals surface area contributed by atoms with Gasteiger partial charge in [0.2, 0.25) is 0 Å². The number of nitrogens with one attached hydrogen (secondary N) is 2. The van der Waals surface area contributed by atoms with Crippen LogP contribution < -0.4 is 10.6 Å². The van der Waals surface area contributed by atoms with Crippen LogP contribution in [0.25, 0.3) is 0 Å². The van der Waals surface area contributed by atoms with Crippen LogP contribution in [0.15, 0.2) is 77.7 Å². The molecule has 0 spiro atoms. The molecule has 2 N–H and O–H groups in total. The molecule has 3 aromatic rings. The number of carbonyl (C=O) groups is 2. The first-order valence-corrected chi connectivity index (χ1v) is 10.7. The molecule has 0 aromatic heterocycles. The number of hydrogen-bond acceptors (Lipinski definition) is 4. The Kier molecular flexibility index (Phi) is 5.79. The highest BCUT2D eigenvalue weighted by Gasteiger charge is 2.16. The van der Waals surface area contributed by atoms with Crippen LogP contribution in [-0.4, -0.2) is 26.5 Å². The van der Waals surface area contributed by atoms with Gasteiger partial charge in [0, 0.05) is 28.8 Å². The van der Waals surface area contributed by atoms with Crippen LogP contribution in [0.5, 0.6) is 0 Å². The molecule has 3 rings (SSSR count). The molecule has 0 saturated carbocycles. The van der Waals surface area contributed by atoms with Gasteiger partial charge < -0.3 is 10.6 Å². The summed E-state index contributed by atoms with van der Waals surface area (Å²) >= 11 is 0. The van der Waals surface area contributed by atoms with Gasteiger partial charge in [-0.15, -0.1) is 0 Å². The second-order valence-corrected chi connectivity index (χ2v) is 8.57. The van der Waals surface area contributed by atoms with Gasteiger partial charge in [-0.2, -0.15) is 0 Å². The first-order chi connectivity index (χ1) is 13.8. The van der Waals surface area contributed by atoms with E-state index in [0.717, 1.165) is 6.26 Å². The number of para-hydroxylation sites is 1. The van der Waals surface area contributed by atoms with Gasteiger partial charge in [-0.1, -0.05) is 30.3 Å². The second-order valence-electron chi connectivity index (χ2n) is 6.55. The minimum atomic E-state index is -3.42. The molecule has 0 aliphatic carbocycles. The van der Waals surface area contributed by atoms with Gasteiger partial charge in [0.25, 0.3) is 11.8 Å². The maximum atomic E-state index is 12.6. The van der Waals surface area contributed by atoms with Crippen molar-refractivity contribution in [2.75, 3.05) is 16.9 Å². The van der Waals surface area contributed by atoms with Gasteiger partial charge in [0.15, 0.2) is 9.84 Å². The van der Waals surface area contributed by atoms with E-state index in [0.29, 0.717) is 22.5 Å². The fourth-order valence-corrected chi connectivity index (χ4v) is 3.47. The molecule has 0 atom stereocenters. The average Bonchev–Trinajstić information content (AvgIpc) is 2.69. The van der Waals surface area contributed by atoms with E-state index in [1.165, 1.54) is 24.3 Å². The van der Waals surface area contributed by atoms with Crippen LogP contribution in [0.4, 0.5) is 11.4 Å². The third-order valence-corrected chi connectivity index (χ3v) is 5.49. The molecule has 29 heavy (non-hydrogen) atoms. The molecule has 0 aliphatic rings. The summed E-state index contributed by atoms with van der Waals surface area (Å²) in [7, 11) is -3.42. The largest absolute Gasteiger partial charge is 0.322 e. The third kappa shape index (κ3) is 4.89. The Bertz CT molecular complexity index is 1170. The first kappa shape index (κ1) is 20.3. The zero-order chi connectivity index (χ0) is 21.0. The maximum absolute atomic E-state index is 12.6. The van der Waals surface area contributed by atoms with Crippen molar-refractivity contribution in [1.82, 2.24) is 0 Å². The van der Waals surface area contributed by atoms with Crippen molar-refractivity contribution in [3.63, 3.8) is 0 Å². The summed E-state index contributed by atoms with van der Waals surface area (Å²) in [6.45, 7) is 1.74. The minimum absolute atomic E-state index is 0.0675. The van der Waals surface area contributed by atoms with Gasteiger partial charge in [-0.05, 0) is 55.0 Å². The molecular formula is C22H20N2O4S. The van der Waals surface area contributed by atoms with Gasteiger partial charge >= 0.3 is 0 Å². The van der Waals surface area contributed by atoms with Gasteiger partial charge in [0.05, 0.1) is 4.90 Å². The lowest BCUT2D eigenvalue weighted by molar-refractivity contribution is 0.101. The average molecular weight is 408 g/mol. The summed E-state index contributed by atoms with van der Waals surface area (Å²) < 4.78 is 23.4. The zero-order valence-corrected chi connectivity index (χ0v) is 16.8. The molecule has 0 fully saturated rings. The lowest BCUT2D eigenvalue weighted by Gasteiger charge is -2.13. The predicted molar refractivity (Wildman–Crippen MR) is 113 cm³/mol. The fourth-order valence-electron chi connectivity index (χ4n) is 2.80. The summed E-state index contributed by atoms with van der Waals surface area (Å²) in [5.74, 6) is -0.747. The summed E-state index contributed by atoms with van der Waals surface area (Å²) in [6.07, 6.45) is 1.09. The molecule has 3 aromatic carbocycles. The number of rotatable bonds is 5. The molecule has 2 amide bonds. The Morgan fingerprint density at radius 3 is 2.17 bits per heavy atom. The van der Waals surface area contributed by atoms with Crippen LogP contribution in [0, 0.1) is 6.92 Å². The summed E-state index contributed by atoms with van der Waals surface area (Å²) in [6, 6.07) is 19.9. The van der Waals surface area contributed by atoms with E-state index in [-0.39, 0.29) is 16.4 Å². The molecule has 0 radical (unpaired) electrons. The molecule has 148 valence electrons. The van der Waals surface area contributed by atoms with Crippen molar-refractivity contribution in [1.29, 1.82) is 0 Å². The molecular weight excluding hydrogens is 388 g/mol. The Labute approximate surface area is 169 Å². The highest BCUT2D eigenvalue weighted by atomic mass is 32.2. The van der Waals surface area contributed by atoms with Gasteiger partial charge in [-0.3, -0.25) is 9.59 Å². The third-order valence-electron chi connectivity index (χ3n) is 4.38. The van der Waals surface area contributed by atoms with E-state index in [2.05, 4.69) is 10.6 Å². The number of benzene rings is 3. The lowest BCUT2D eigenvalue weighted by Crippen LogP contribution is -2.17. The first-order valence-electron chi connectivity index (χ1n) is 8.83. The highest BCUT2D eigenvalue weighted by Crippen LogP contribution is 2.22. The van der Waals surface area contributed by atoms with Crippen LogP contribution in [-0.2, 0) is 9.84 Å². The zero-order valence-electron chi connectivity index (χ0n) is 16.0. The topological polar surface area (TPSA) is 92.3 Å². The molecule has 0 saturated heterocycles. The Hall–Kier alpha value is -3.45. The van der Waals surface area contributed by atoms with Crippen molar-refractivity contribution in [2.45, 2.75) is 11.8 Å². The van der Waals surface area contributed by atoms with E-state index < -0.39 is 15.7 Å². The van der Waals surface area contributed by atoms with E-state index in [4.69, 9.17) is 0 Å². The fraction of sp³-hybridized carbons (Fsp3) is 0.0909. The summed E-state index contributed by atoms with van der Waals surface area (Å²) in [4.78, 5) is 25.3. The molecule has 7 heteroatoms. The number of carbonyl (C=O) groups excluding carboxylic acids is 2. The normalized spacial score (nSPS) is 11.0. The van der Waals surface area contributed by atoms with Crippen LogP contribution in [0.2, 0.25) is 0 Å². The summed E-state index contributed by atoms with van der Waals surface area (Å²) in [5.41, 5.74) is 2.39. The number of anilines is 2. The minimum Gasteiger partial charge on any atom is -0.322 e. The van der Waals surface area contributed by atoms with Crippen molar-refractivity contribution in [2.24, 2.45) is 0 Å². The Balaban J connectivity index is 1.83. The predicted octanol–water partition coefficient (Wildman–Crippen LogP) is 3.90. The molecule has 0 aliphatic heterocycles. The molecule has 6 nitrogen and oxygen atoms in total. The van der Waals surface area contributed by atoms with Crippen molar-refractivity contribution >= 4 is 33.0 Å². The second kappa shape index (κ2) is 8.28. The Morgan fingerprint density at radius 1 is 0.793 bits per heavy atom. The van der Waals surface area contributed by atoms with Crippen LogP contribution in [0.1, 0.15) is 26.3 Å². The van der Waals surface area contributed by atoms with Gasteiger partial charge in [0.1, 0.15) is 0 Å². The van der Waals surface area contributed by atoms with E-state index >= 15 is 0 Å². The standard InChI is InChI=1S/C22H20N2O4S/c1-15-19(22(26)23-17-9-4-3-5-10-17)12-7-13-20(15)24-21(25)16-8-6-11-18(14-16)29(2,27)28/h3-14H,1-2H3,(H,23,26)(H,24,25). The van der Waals surface area contributed by atoms with Gasteiger partial charge in [-0.25, -0.2) is 8.42 Å². The molecule has 0 heterocycles. The highest BCUT2D eigenvalue weighted by molar-refractivity contribution is 7.90. The van der Waals surface area contributed by atoms with Crippen LogP contribution in [0.3, 0.4) is 0 Å². The Morgan fingerprint density at radius 2 is 1.48 bits per heavy atom. The molecule has 0 bridgehead atoms. The maximum Gasteiger partial charge on any atom is 0.256 e. The quantitative estimate of drug-likeness (QED) is 0.670. The van der Waals surface area contributed by atoms with E-state index in [1.54, 1.807) is 37.3 Å². The van der Waals surface area contributed by atoms with Crippen molar-refractivity contribution in [3.05, 3.63) is 89.5 Å². The van der Waals surface area contributed by atoms with Crippen LogP contribution >= 0.6 is 0 Å². The SMILES string of the molecule is Cc1c(NC(=O)c2cccc(S(C)(=O)=O)c2)cccc1C(=O)Nc1ccccc1. The number of sulfone groups is 1. The lowest BCUT2D eigenvalue weighted by atomic mass is 10.1. The molecule has 0 unspecified atom stereocenters. The van der Waals surface area contributed by atoms with E-state index in [1.807, 2.05) is 18.2 Å². The van der Waals surface area contributed by atoms with E-state index in [9.17, 15) is 18.0 Å². The van der Waals surface area contributed by atoms with Crippen molar-refractivity contribution in [3.8, 4) is 0 Å². The summed E-state index contributed by atoms with van der Waals surface area (Å²) in [5, 5.41) is 5.57. The smallest absolute Gasteiger partial charge is 0.256 e. The van der Waals surface area contributed by atoms with Crippen molar-refractivity contribution < 1.29 is 18.0 Å². The monoisotopic (exact) mass is 408 g/mol.